The Balaban J connectivity index is 2.12. The SMILES string of the molecule is CN(C(=O)C1CCC1)c1cc(N)ccn1. The summed E-state index contributed by atoms with van der Waals surface area (Å²) in [7, 11) is 1.75. The van der Waals surface area contributed by atoms with E-state index in [-0.39, 0.29) is 11.8 Å². The molecule has 0 saturated heterocycles. The second kappa shape index (κ2) is 3.88. The number of hydrogen-bond acceptors (Lipinski definition) is 3. The second-order valence-corrected chi connectivity index (χ2v) is 3.97. The van der Waals surface area contributed by atoms with E-state index in [1.807, 2.05) is 0 Å². The van der Waals surface area contributed by atoms with Crippen molar-refractivity contribution in [3.05, 3.63) is 18.3 Å². The summed E-state index contributed by atoms with van der Waals surface area (Å²) < 4.78 is 0. The van der Waals surface area contributed by atoms with Gasteiger partial charge in [0.05, 0.1) is 0 Å². The maximum atomic E-state index is 11.9. The van der Waals surface area contributed by atoms with Gasteiger partial charge in [0.1, 0.15) is 5.82 Å². The molecule has 0 unspecified atom stereocenters. The van der Waals surface area contributed by atoms with Crippen LogP contribution in [0.25, 0.3) is 0 Å². The number of amides is 1. The first kappa shape index (κ1) is 9.96. The molecule has 1 aromatic rings. The molecular weight excluding hydrogens is 190 g/mol. The Morgan fingerprint density at radius 3 is 2.87 bits per heavy atom. The number of rotatable bonds is 2. The lowest BCUT2D eigenvalue weighted by Crippen LogP contribution is -2.36. The Bertz CT molecular complexity index is 374. The highest BCUT2D eigenvalue weighted by Gasteiger charge is 2.28. The fourth-order valence-corrected chi connectivity index (χ4v) is 1.66. The van der Waals surface area contributed by atoms with Crippen molar-refractivity contribution in [1.82, 2.24) is 4.98 Å². The van der Waals surface area contributed by atoms with E-state index in [0.29, 0.717) is 11.5 Å². The van der Waals surface area contributed by atoms with Crippen molar-refractivity contribution in [3.8, 4) is 0 Å². The molecule has 0 aromatic carbocycles. The number of anilines is 2. The van der Waals surface area contributed by atoms with Gasteiger partial charge in [-0.25, -0.2) is 4.98 Å². The summed E-state index contributed by atoms with van der Waals surface area (Å²) in [5, 5.41) is 0. The third-order valence-electron chi connectivity index (χ3n) is 2.90. The minimum Gasteiger partial charge on any atom is -0.399 e. The van der Waals surface area contributed by atoms with Crippen LogP contribution in [0.1, 0.15) is 19.3 Å². The van der Waals surface area contributed by atoms with Crippen molar-refractivity contribution in [2.24, 2.45) is 5.92 Å². The van der Waals surface area contributed by atoms with Gasteiger partial charge in [0.25, 0.3) is 0 Å². The van der Waals surface area contributed by atoms with Gasteiger partial charge >= 0.3 is 0 Å². The minimum atomic E-state index is 0.152. The molecule has 2 N–H and O–H groups in total. The highest BCUT2D eigenvalue weighted by Crippen LogP contribution is 2.29. The molecule has 1 aromatic heterocycles. The Labute approximate surface area is 89.1 Å². The molecule has 2 rings (SSSR count). The van der Waals surface area contributed by atoms with Crippen molar-refractivity contribution < 1.29 is 4.79 Å². The fourth-order valence-electron chi connectivity index (χ4n) is 1.66. The monoisotopic (exact) mass is 205 g/mol. The summed E-state index contributed by atoms with van der Waals surface area (Å²) in [4.78, 5) is 17.6. The van der Waals surface area contributed by atoms with Crippen molar-refractivity contribution >= 4 is 17.4 Å². The highest BCUT2D eigenvalue weighted by atomic mass is 16.2. The number of nitrogen functional groups attached to an aromatic ring is 1. The average molecular weight is 205 g/mol. The largest absolute Gasteiger partial charge is 0.399 e. The second-order valence-electron chi connectivity index (χ2n) is 3.97. The van der Waals surface area contributed by atoms with Crippen molar-refractivity contribution in [2.45, 2.75) is 19.3 Å². The summed E-state index contributed by atoms with van der Waals surface area (Å²) in [5.41, 5.74) is 6.27. The fraction of sp³-hybridized carbons (Fsp3) is 0.455. The van der Waals surface area contributed by atoms with Crippen LogP contribution in [-0.4, -0.2) is 17.9 Å². The molecule has 0 bridgehead atoms. The van der Waals surface area contributed by atoms with E-state index in [0.717, 1.165) is 19.3 Å². The Hall–Kier alpha value is -1.58. The molecule has 0 radical (unpaired) electrons. The summed E-state index contributed by atoms with van der Waals surface area (Å²) in [5.74, 6) is 0.976. The zero-order chi connectivity index (χ0) is 10.8. The van der Waals surface area contributed by atoms with E-state index >= 15 is 0 Å². The third kappa shape index (κ3) is 1.93. The van der Waals surface area contributed by atoms with E-state index in [1.165, 1.54) is 0 Å². The zero-order valence-electron chi connectivity index (χ0n) is 8.81. The first-order chi connectivity index (χ1) is 7.18. The van der Waals surface area contributed by atoms with Gasteiger partial charge in [-0.15, -0.1) is 0 Å². The Morgan fingerprint density at radius 1 is 1.60 bits per heavy atom. The van der Waals surface area contributed by atoms with Gasteiger partial charge in [0, 0.05) is 30.9 Å². The van der Waals surface area contributed by atoms with Crippen LogP contribution in [0.15, 0.2) is 18.3 Å². The van der Waals surface area contributed by atoms with Gasteiger partial charge in [-0.05, 0) is 18.9 Å². The molecule has 4 heteroatoms. The van der Waals surface area contributed by atoms with E-state index in [2.05, 4.69) is 4.98 Å². The first-order valence-corrected chi connectivity index (χ1v) is 5.17. The zero-order valence-corrected chi connectivity index (χ0v) is 8.81. The quantitative estimate of drug-likeness (QED) is 0.794. The van der Waals surface area contributed by atoms with Gasteiger partial charge in [-0.1, -0.05) is 6.42 Å². The highest BCUT2D eigenvalue weighted by molar-refractivity contribution is 5.94. The maximum absolute atomic E-state index is 11.9. The predicted molar refractivity (Wildman–Crippen MR) is 59.4 cm³/mol. The molecule has 1 amide bonds. The molecule has 80 valence electrons. The van der Waals surface area contributed by atoms with Crippen LogP contribution in [0.4, 0.5) is 11.5 Å². The number of hydrogen-bond donors (Lipinski definition) is 1. The molecule has 0 spiro atoms. The van der Waals surface area contributed by atoms with Crippen molar-refractivity contribution in [1.29, 1.82) is 0 Å². The standard InChI is InChI=1S/C11H15N3O/c1-14(11(15)8-3-2-4-8)10-7-9(12)5-6-13-10/h5-8H,2-4H2,1H3,(H2,12,13). The van der Waals surface area contributed by atoms with Crippen LogP contribution in [0.3, 0.4) is 0 Å². The van der Waals surface area contributed by atoms with Crippen LogP contribution >= 0.6 is 0 Å². The first-order valence-electron chi connectivity index (χ1n) is 5.17. The molecule has 0 aliphatic heterocycles. The van der Waals surface area contributed by atoms with Crippen LogP contribution in [0.5, 0.6) is 0 Å². The summed E-state index contributed by atoms with van der Waals surface area (Å²) in [6.45, 7) is 0. The van der Waals surface area contributed by atoms with Crippen LogP contribution in [-0.2, 0) is 4.79 Å². The molecule has 1 aliphatic rings. The van der Waals surface area contributed by atoms with E-state index < -0.39 is 0 Å². The molecule has 1 heterocycles. The molecule has 4 nitrogen and oxygen atoms in total. The molecule has 15 heavy (non-hydrogen) atoms. The van der Waals surface area contributed by atoms with Gasteiger partial charge in [0.15, 0.2) is 0 Å². The summed E-state index contributed by atoms with van der Waals surface area (Å²) >= 11 is 0. The average Bonchev–Trinajstić information content (AvgIpc) is 2.14. The lowest BCUT2D eigenvalue weighted by atomic mass is 9.84. The molecule has 1 aliphatic carbocycles. The summed E-state index contributed by atoms with van der Waals surface area (Å²) in [6.07, 6.45) is 4.79. The number of nitrogens with two attached hydrogens (primary N) is 1. The number of carbonyl (C=O) groups is 1. The number of pyridine rings is 1. The van der Waals surface area contributed by atoms with Crippen LogP contribution in [0, 0.1) is 5.92 Å². The van der Waals surface area contributed by atoms with Gasteiger partial charge < -0.3 is 5.73 Å². The predicted octanol–water partition coefficient (Wildman–Crippen LogP) is 1.43. The Morgan fingerprint density at radius 2 is 2.33 bits per heavy atom. The number of carbonyl (C=O) groups excluding carboxylic acids is 1. The van der Waals surface area contributed by atoms with Gasteiger partial charge in [-0.3, -0.25) is 9.69 Å². The number of aromatic nitrogens is 1. The van der Waals surface area contributed by atoms with Gasteiger partial charge in [0.2, 0.25) is 5.91 Å². The van der Waals surface area contributed by atoms with E-state index in [4.69, 9.17) is 5.73 Å². The van der Waals surface area contributed by atoms with Crippen LogP contribution in [0.2, 0.25) is 0 Å². The lowest BCUT2D eigenvalue weighted by molar-refractivity contribution is -0.124. The minimum absolute atomic E-state index is 0.152. The van der Waals surface area contributed by atoms with E-state index in [1.54, 1.807) is 30.3 Å². The van der Waals surface area contributed by atoms with Crippen molar-refractivity contribution in [2.75, 3.05) is 17.7 Å². The van der Waals surface area contributed by atoms with Crippen LogP contribution < -0.4 is 10.6 Å². The molecule has 0 atom stereocenters. The third-order valence-corrected chi connectivity index (χ3v) is 2.90. The maximum Gasteiger partial charge on any atom is 0.230 e. The molecule has 1 saturated carbocycles. The molecular formula is C11H15N3O. The Kier molecular flexibility index (Phi) is 2.58. The van der Waals surface area contributed by atoms with E-state index in [9.17, 15) is 4.79 Å². The summed E-state index contributed by atoms with van der Waals surface area (Å²) in [6, 6.07) is 3.43. The van der Waals surface area contributed by atoms with Gasteiger partial charge in [-0.2, -0.15) is 0 Å². The normalized spacial score (nSPS) is 15.8. The topological polar surface area (TPSA) is 59.2 Å². The van der Waals surface area contributed by atoms with Crippen molar-refractivity contribution in [3.63, 3.8) is 0 Å². The molecule has 1 fully saturated rings. The number of nitrogens with zero attached hydrogens (tertiary/aromatic N) is 2. The smallest absolute Gasteiger partial charge is 0.230 e. The lowest BCUT2D eigenvalue weighted by Gasteiger charge is -2.28.